The predicted octanol–water partition coefficient (Wildman–Crippen LogP) is 1.01. The van der Waals surface area contributed by atoms with Crippen LogP contribution in [0.15, 0.2) is 0 Å². The number of nitrogen functional groups attached to an aromatic ring is 1. The lowest BCUT2D eigenvalue weighted by Crippen LogP contribution is -2.39. The lowest BCUT2D eigenvalue weighted by molar-refractivity contribution is 0.0912. The van der Waals surface area contributed by atoms with E-state index in [-0.39, 0.29) is 30.2 Å². The Morgan fingerprint density at radius 1 is 1.58 bits per heavy atom. The molecule has 1 amide bonds. The van der Waals surface area contributed by atoms with Crippen LogP contribution >= 0.6 is 0 Å². The molecule has 1 aromatic rings. The van der Waals surface area contributed by atoms with Gasteiger partial charge in [-0.15, -0.1) is 0 Å². The second kappa shape index (κ2) is 5.61. The monoisotopic (exact) mass is 266 g/mol. The molecule has 0 aromatic carbocycles. The number of anilines is 1. The molecule has 1 saturated carbocycles. The van der Waals surface area contributed by atoms with E-state index < -0.39 is 0 Å². The minimum atomic E-state index is -0.271. The van der Waals surface area contributed by atoms with E-state index in [9.17, 15) is 4.79 Å². The SMILES string of the molecule is CC(C)C(CCO)NC(=O)c1n[nH]c(C2CC2)c1N. The molecule has 6 nitrogen and oxygen atoms in total. The summed E-state index contributed by atoms with van der Waals surface area (Å²) in [6, 6.07) is -0.0713. The number of amides is 1. The molecule has 6 heteroatoms. The number of H-pyrrole nitrogens is 1. The number of aromatic nitrogens is 2. The van der Waals surface area contributed by atoms with Crippen molar-refractivity contribution in [2.45, 2.75) is 45.1 Å². The van der Waals surface area contributed by atoms with Crippen molar-refractivity contribution < 1.29 is 9.90 Å². The molecule has 1 unspecified atom stereocenters. The number of rotatable bonds is 6. The fourth-order valence-corrected chi connectivity index (χ4v) is 2.17. The Morgan fingerprint density at radius 3 is 2.79 bits per heavy atom. The van der Waals surface area contributed by atoms with E-state index in [0.717, 1.165) is 18.5 Å². The normalized spacial score (nSPS) is 16.6. The van der Waals surface area contributed by atoms with Gasteiger partial charge in [0.05, 0.1) is 11.4 Å². The molecule has 0 radical (unpaired) electrons. The van der Waals surface area contributed by atoms with Crippen molar-refractivity contribution in [3.63, 3.8) is 0 Å². The Hall–Kier alpha value is -1.56. The second-order valence-corrected chi connectivity index (χ2v) is 5.51. The molecule has 1 atom stereocenters. The van der Waals surface area contributed by atoms with Crippen molar-refractivity contribution in [1.82, 2.24) is 15.5 Å². The topological polar surface area (TPSA) is 104 Å². The molecule has 0 bridgehead atoms. The van der Waals surface area contributed by atoms with E-state index in [4.69, 9.17) is 10.8 Å². The maximum Gasteiger partial charge on any atom is 0.274 e. The number of aromatic amines is 1. The number of hydrogen-bond acceptors (Lipinski definition) is 4. The third-order valence-corrected chi connectivity index (χ3v) is 3.60. The molecule has 1 aromatic heterocycles. The summed E-state index contributed by atoms with van der Waals surface area (Å²) in [7, 11) is 0. The van der Waals surface area contributed by atoms with Crippen molar-refractivity contribution in [3.05, 3.63) is 11.4 Å². The first kappa shape index (κ1) is 13.9. The maximum atomic E-state index is 12.2. The Balaban J connectivity index is 2.06. The van der Waals surface area contributed by atoms with Crippen LogP contribution in [0.5, 0.6) is 0 Å². The van der Waals surface area contributed by atoms with E-state index in [0.29, 0.717) is 18.0 Å². The molecule has 0 spiro atoms. The van der Waals surface area contributed by atoms with Crippen LogP contribution in [0.3, 0.4) is 0 Å². The van der Waals surface area contributed by atoms with Crippen molar-refractivity contribution in [2.75, 3.05) is 12.3 Å². The predicted molar refractivity (Wildman–Crippen MR) is 72.8 cm³/mol. The zero-order valence-electron chi connectivity index (χ0n) is 11.4. The smallest absolute Gasteiger partial charge is 0.274 e. The summed E-state index contributed by atoms with van der Waals surface area (Å²) in [6.45, 7) is 4.06. The zero-order chi connectivity index (χ0) is 14.0. The fraction of sp³-hybridized carbons (Fsp3) is 0.692. The highest BCUT2D eigenvalue weighted by Crippen LogP contribution is 2.42. The van der Waals surface area contributed by atoms with Gasteiger partial charge in [-0.05, 0) is 25.2 Å². The van der Waals surface area contributed by atoms with E-state index >= 15 is 0 Å². The molecule has 106 valence electrons. The van der Waals surface area contributed by atoms with Crippen LogP contribution < -0.4 is 11.1 Å². The molecular weight excluding hydrogens is 244 g/mol. The number of aliphatic hydroxyl groups excluding tert-OH is 1. The van der Waals surface area contributed by atoms with Gasteiger partial charge in [-0.25, -0.2) is 0 Å². The van der Waals surface area contributed by atoms with E-state index in [1.54, 1.807) is 0 Å². The van der Waals surface area contributed by atoms with E-state index in [2.05, 4.69) is 15.5 Å². The molecular formula is C13H22N4O2. The first-order valence-corrected chi connectivity index (χ1v) is 6.80. The standard InChI is InChI=1S/C13H22N4O2/c1-7(2)9(5-6-18)15-13(19)12-10(14)11(16-17-12)8-3-4-8/h7-9,18H,3-6,14H2,1-2H3,(H,15,19)(H,16,17). The van der Waals surface area contributed by atoms with Crippen LogP contribution in [0.25, 0.3) is 0 Å². The number of carbonyl (C=O) groups excluding carboxylic acids is 1. The van der Waals surface area contributed by atoms with Crippen molar-refractivity contribution >= 4 is 11.6 Å². The van der Waals surface area contributed by atoms with Crippen LogP contribution in [0.1, 0.15) is 55.2 Å². The molecule has 1 aliphatic carbocycles. The van der Waals surface area contributed by atoms with Crippen molar-refractivity contribution in [2.24, 2.45) is 5.92 Å². The summed E-state index contributed by atoms with van der Waals surface area (Å²) < 4.78 is 0. The van der Waals surface area contributed by atoms with Gasteiger partial charge in [0.2, 0.25) is 0 Å². The maximum absolute atomic E-state index is 12.2. The Morgan fingerprint density at radius 2 is 2.26 bits per heavy atom. The van der Waals surface area contributed by atoms with Crippen molar-refractivity contribution in [3.8, 4) is 0 Å². The van der Waals surface area contributed by atoms with E-state index in [1.165, 1.54) is 0 Å². The molecule has 19 heavy (non-hydrogen) atoms. The Bertz CT molecular complexity index is 451. The number of carbonyl (C=O) groups is 1. The van der Waals surface area contributed by atoms with Crippen molar-refractivity contribution in [1.29, 1.82) is 0 Å². The summed E-state index contributed by atoms with van der Waals surface area (Å²) in [5.74, 6) is 0.416. The average molecular weight is 266 g/mol. The number of nitrogens with two attached hydrogens (primary N) is 1. The molecule has 1 heterocycles. The number of aliphatic hydroxyl groups is 1. The summed E-state index contributed by atoms with van der Waals surface area (Å²) in [4.78, 5) is 12.2. The van der Waals surface area contributed by atoms with Gasteiger partial charge in [-0.2, -0.15) is 5.10 Å². The van der Waals surface area contributed by atoms with Crippen LogP contribution in [0.4, 0.5) is 5.69 Å². The lowest BCUT2D eigenvalue weighted by atomic mass is 10.0. The number of nitrogens with one attached hydrogen (secondary N) is 2. The van der Waals surface area contributed by atoms with Gasteiger partial charge in [-0.3, -0.25) is 9.89 Å². The largest absolute Gasteiger partial charge is 0.396 e. The Kier molecular flexibility index (Phi) is 4.09. The molecule has 0 saturated heterocycles. The van der Waals surface area contributed by atoms with Gasteiger partial charge in [0.1, 0.15) is 0 Å². The molecule has 1 fully saturated rings. The van der Waals surface area contributed by atoms with Crippen LogP contribution in [-0.4, -0.2) is 33.9 Å². The van der Waals surface area contributed by atoms with Gasteiger partial charge in [0.25, 0.3) is 5.91 Å². The van der Waals surface area contributed by atoms with Gasteiger partial charge in [0, 0.05) is 18.6 Å². The highest BCUT2D eigenvalue weighted by Gasteiger charge is 2.30. The molecule has 1 aliphatic rings. The quantitative estimate of drug-likeness (QED) is 0.616. The number of nitrogens with zero attached hydrogens (tertiary/aromatic N) is 1. The minimum Gasteiger partial charge on any atom is -0.396 e. The zero-order valence-corrected chi connectivity index (χ0v) is 11.4. The second-order valence-electron chi connectivity index (χ2n) is 5.51. The third-order valence-electron chi connectivity index (χ3n) is 3.60. The lowest BCUT2D eigenvalue weighted by Gasteiger charge is -2.21. The fourth-order valence-electron chi connectivity index (χ4n) is 2.17. The van der Waals surface area contributed by atoms with Crippen LogP contribution in [-0.2, 0) is 0 Å². The molecule has 5 N–H and O–H groups in total. The molecule has 2 rings (SSSR count). The summed E-state index contributed by atoms with van der Waals surface area (Å²) in [5, 5.41) is 18.8. The third kappa shape index (κ3) is 3.07. The van der Waals surface area contributed by atoms with Gasteiger partial charge >= 0.3 is 0 Å². The summed E-state index contributed by atoms with van der Waals surface area (Å²) >= 11 is 0. The van der Waals surface area contributed by atoms with Gasteiger partial charge in [-0.1, -0.05) is 13.8 Å². The number of hydrogen-bond donors (Lipinski definition) is 4. The first-order chi connectivity index (χ1) is 9.04. The molecule has 0 aliphatic heterocycles. The Labute approximate surface area is 112 Å². The minimum absolute atomic E-state index is 0.0481. The highest BCUT2D eigenvalue weighted by molar-refractivity contribution is 5.97. The first-order valence-electron chi connectivity index (χ1n) is 6.80. The van der Waals surface area contributed by atoms with Crippen LogP contribution in [0.2, 0.25) is 0 Å². The van der Waals surface area contributed by atoms with Crippen LogP contribution in [0, 0.1) is 5.92 Å². The summed E-state index contributed by atoms with van der Waals surface area (Å²) in [6.07, 6.45) is 2.74. The average Bonchev–Trinajstić information content (AvgIpc) is 3.12. The van der Waals surface area contributed by atoms with E-state index in [1.807, 2.05) is 13.8 Å². The summed E-state index contributed by atoms with van der Waals surface area (Å²) in [5.41, 5.74) is 7.58. The highest BCUT2D eigenvalue weighted by atomic mass is 16.3. The van der Waals surface area contributed by atoms with Gasteiger partial charge in [0.15, 0.2) is 5.69 Å². The van der Waals surface area contributed by atoms with Gasteiger partial charge < -0.3 is 16.2 Å².